The van der Waals surface area contributed by atoms with Crippen LogP contribution in [0.1, 0.15) is 32.0 Å². The average molecular weight is 540 g/mol. The molecule has 1 aliphatic rings. The number of oxime groups is 1. The van der Waals surface area contributed by atoms with E-state index in [9.17, 15) is 18.0 Å². The number of carbonyl (C=O) groups excluding carboxylic acids is 2. The molecule has 1 aromatic heterocycles. The molecular weight excluding hydrogens is 514 g/mol. The Balaban J connectivity index is 1.71. The molecule has 1 fully saturated rings. The van der Waals surface area contributed by atoms with Crippen molar-refractivity contribution < 1.29 is 32.1 Å². The van der Waals surface area contributed by atoms with Crippen LogP contribution in [0, 0.1) is 5.41 Å². The van der Waals surface area contributed by atoms with Gasteiger partial charge in [0.25, 0.3) is 11.8 Å². The largest absolute Gasteiger partial charge is 0.484 e. The average Bonchev–Trinajstić information content (AvgIpc) is 3.20. The molecule has 0 bridgehead atoms. The number of amidine groups is 1. The maximum atomic E-state index is 12.9. The van der Waals surface area contributed by atoms with E-state index in [1.54, 1.807) is 38.1 Å². The lowest BCUT2D eigenvalue weighted by molar-refractivity contribution is -0.143. The predicted octanol–water partition coefficient (Wildman–Crippen LogP) is 0.106. The smallest absolute Gasteiger partial charge is 0.362 e. The number of aromatic nitrogens is 1. The number of anilines is 1. The van der Waals surface area contributed by atoms with Crippen LogP contribution < -0.4 is 21.5 Å². The van der Waals surface area contributed by atoms with Crippen molar-refractivity contribution in [1.82, 2.24) is 14.6 Å². The first-order valence-corrected chi connectivity index (χ1v) is 12.6. The zero-order chi connectivity index (χ0) is 26.8. The minimum atomic E-state index is -4.75. The molecule has 0 saturated carbocycles. The van der Waals surface area contributed by atoms with Crippen LogP contribution in [0.2, 0.25) is 0 Å². The van der Waals surface area contributed by atoms with Gasteiger partial charge >= 0.3 is 10.3 Å². The minimum absolute atomic E-state index is 0.0735. The topological polar surface area (TPSA) is 223 Å². The van der Waals surface area contributed by atoms with E-state index in [4.69, 9.17) is 31.0 Å². The molecule has 0 spiro atoms. The number of hydrogen-bond acceptors (Lipinski definition) is 11. The number of rotatable bonds is 10. The van der Waals surface area contributed by atoms with Gasteiger partial charge in [-0.25, -0.2) is 9.29 Å². The zero-order valence-corrected chi connectivity index (χ0v) is 21.1. The standard InChI is InChI=1S/C20H25N7O7S2/c1-10-14(18(29)27(10)36(30,31)32)25-17(28)15(13-8-35-19(23)24-13)26-33-9-20(2,3)34-12-6-4-11(5-7-12)16(21)22/h4-8,10,14H,9H2,1-3H3,(H3,21,22)(H2,23,24)(H,25,28)(H,30,31,32)/t10-,14-/m0/s1. The highest BCUT2D eigenvalue weighted by Gasteiger charge is 2.51. The van der Waals surface area contributed by atoms with Gasteiger partial charge in [0, 0.05) is 10.9 Å². The van der Waals surface area contributed by atoms with Crippen molar-refractivity contribution in [1.29, 1.82) is 5.41 Å². The number of ether oxygens (including phenoxy) is 1. The molecule has 2 atom stereocenters. The van der Waals surface area contributed by atoms with Gasteiger partial charge in [0.1, 0.15) is 28.9 Å². The van der Waals surface area contributed by atoms with Crippen molar-refractivity contribution in [2.45, 2.75) is 38.5 Å². The van der Waals surface area contributed by atoms with Crippen molar-refractivity contribution in [3.63, 3.8) is 0 Å². The molecular formula is C20H25N7O7S2. The highest BCUT2D eigenvalue weighted by atomic mass is 32.2. The molecule has 0 unspecified atom stereocenters. The molecule has 2 amide bonds. The van der Waals surface area contributed by atoms with Crippen molar-refractivity contribution in [3.05, 3.63) is 40.9 Å². The van der Waals surface area contributed by atoms with Gasteiger partial charge in [0.15, 0.2) is 17.5 Å². The van der Waals surface area contributed by atoms with E-state index in [1.165, 1.54) is 12.3 Å². The van der Waals surface area contributed by atoms with Gasteiger partial charge in [0.05, 0.1) is 6.04 Å². The molecule has 14 nitrogen and oxygen atoms in total. The summed E-state index contributed by atoms with van der Waals surface area (Å²) in [5, 5.41) is 15.3. The highest BCUT2D eigenvalue weighted by molar-refractivity contribution is 7.84. The number of β-lactam (4-membered cyclic amide) rings is 1. The quantitative estimate of drug-likeness (QED) is 0.0900. The summed E-state index contributed by atoms with van der Waals surface area (Å²) in [4.78, 5) is 34.4. The fourth-order valence-corrected chi connectivity index (χ4v) is 4.65. The van der Waals surface area contributed by atoms with Crippen LogP contribution in [0.15, 0.2) is 34.8 Å². The van der Waals surface area contributed by atoms with Gasteiger partial charge in [0.2, 0.25) is 0 Å². The molecule has 194 valence electrons. The summed E-state index contributed by atoms with van der Waals surface area (Å²) < 4.78 is 37.9. The summed E-state index contributed by atoms with van der Waals surface area (Å²) >= 11 is 1.05. The van der Waals surface area contributed by atoms with Crippen molar-refractivity contribution in [2.24, 2.45) is 10.9 Å². The van der Waals surface area contributed by atoms with Crippen molar-refractivity contribution in [2.75, 3.05) is 12.3 Å². The van der Waals surface area contributed by atoms with E-state index in [1.807, 2.05) is 0 Å². The first-order valence-electron chi connectivity index (χ1n) is 10.4. The first kappa shape index (κ1) is 26.8. The molecule has 0 radical (unpaired) electrons. The third kappa shape index (κ3) is 6.07. The number of amides is 2. The number of nitrogens with zero attached hydrogens (tertiary/aromatic N) is 3. The van der Waals surface area contributed by atoms with Gasteiger partial charge in [-0.3, -0.25) is 19.6 Å². The van der Waals surface area contributed by atoms with Gasteiger partial charge in [-0.05, 0) is 45.0 Å². The minimum Gasteiger partial charge on any atom is -0.484 e. The van der Waals surface area contributed by atoms with E-state index >= 15 is 0 Å². The Labute approximate surface area is 210 Å². The molecule has 2 aromatic rings. The monoisotopic (exact) mass is 539 g/mol. The lowest BCUT2D eigenvalue weighted by Crippen LogP contribution is -2.71. The number of benzene rings is 1. The Morgan fingerprint density at radius 2 is 2.00 bits per heavy atom. The van der Waals surface area contributed by atoms with Crippen molar-refractivity contribution in [3.8, 4) is 5.75 Å². The molecule has 7 N–H and O–H groups in total. The molecule has 2 heterocycles. The third-order valence-corrected chi connectivity index (χ3v) is 6.66. The fourth-order valence-electron chi connectivity index (χ4n) is 3.22. The second-order valence-corrected chi connectivity index (χ2v) is 10.6. The number of nitrogen functional groups attached to an aromatic ring is 2. The fraction of sp³-hybridized carbons (Fsp3) is 0.350. The van der Waals surface area contributed by atoms with Crippen LogP contribution in [0.4, 0.5) is 5.13 Å². The van der Waals surface area contributed by atoms with Gasteiger partial charge in [-0.2, -0.15) is 8.42 Å². The summed E-state index contributed by atoms with van der Waals surface area (Å²) in [7, 11) is -4.75. The summed E-state index contributed by atoms with van der Waals surface area (Å²) in [5.74, 6) is -1.44. The number of nitrogens with one attached hydrogen (secondary N) is 2. The number of carbonyl (C=O) groups is 2. The molecule has 1 aromatic carbocycles. The molecule has 1 aliphatic heterocycles. The predicted molar refractivity (Wildman–Crippen MR) is 131 cm³/mol. The van der Waals surface area contributed by atoms with Gasteiger partial charge in [-0.15, -0.1) is 11.3 Å². The van der Waals surface area contributed by atoms with Crippen LogP contribution in [-0.4, -0.2) is 69.9 Å². The second kappa shape index (κ2) is 10.1. The van der Waals surface area contributed by atoms with Crippen LogP contribution >= 0.6 is 11.3 Å². The van der Waals surface area contributed by atoms with Crippen LogP contribution in [0.3, 0.4) is 0 Å². The Hall–Kier alpha value is -3.76. The summed E-state index contributed by atoms with van der Waals surface area (Å²) in [6.07, 6.45) is 0. The summed E-state index contributed by atoms with van der Waals surface area (Å²) in [6.45, 7) is 4.69. The van der Waals surface area contributed by atoms with Crippen molar-refractivity contribution >= 4 is 50.1 Å². The molecule has 16 heteroatoms. The first-order chi connectivity index (χ1) is 16.7. The maximum Gasteiger partial charge on any atom is 0.362 e. The third-order valence-electron chi connectivity index (χ3n) is 4.98. The zero-order valence-electron chi connectivity index (χ0n) is 19.5. The maximum absolute atomic E-state index is 12.9. The van der Waals surface area contributed by atoms with E-state index < -0.39 is 39.8 Å². The Bertz CT molecular complexity index is 1310. The number of thiazole rings is 1. The molecule has 0 aliphatic carbocycles. The van der Waals surface area contributed by atoms with E-state index in [0.29, 0.717) is 11.3 Å². The summed E-state index contributed by atoms with van der Waals surface area (Å²) in [6, 6.07) is 4.33. The van der Waals surface area contributed by atoms with Gasteiger partial charge < -0.3 is 26.4 Å². The van der Waals surface area contributed by atoms with Crippen LogP contribution in [0.25, 0.3) is 0 Å². The van der Waals surface area contributed by atoms with Crippen LogP contribution in [0.5, 0.6) is 5.75 Å². The molecule has 36 heavy (non-hydrogen) atoms. The normalized spacial score (nSPS) is 18.4. The van der Waals surface area contributed by atoms with E-state index in [-0.39, 0.29) is 33.3 Å². The SMILES string of the molecule is C[C@H]1[C@H](NC(=O)C(=NOCC(C)(C)Oc2ccc(C(=N)N)cc2)c2csc(N)n2)C(=O)N1S(=O)(=O)O. The lowest BCUT2D eigenvalue weighted by atomic mass is 10.0. The molecule has 1 saturated heterocycles. The number of nitrogens with two attached hydrogens (primary N) is 2. The Morgan fingerprint density at radius 3 is 2.50 bits per heavy atom. The Kier molecular flexibility index (Phi) is 7.51. The molecule has 3 rings (SSSR count). The van der Waals surface area contributed by atoms with E-state index in [0.717, 1.165) is 11.3 Å². The van der Waals surface area contributed by atoms with Crippen LogP contribution in [-0.2, 0) is 24.7 Å². The van der Waals surface area contributed by atoms with E-state index in [2.05, 4.69) is 15.5 Å². The second-order valence-electron chi connectivity index (χ2n) is 8.39. The highest BCUT2D eigenvalue weighted by Crippen LogP contribution is 2.23. The number of hydrogen-bond donors (Lipinski definition) is 5. The Morgan fingerprint density at radius 1 is 1.36 bits per heavy atom. The van der Waals surface area contributed by atoms with Gasteiger partial charge in [-0.1, -0.05) is 5.16 Å². The lowest BCUT2D eigenvalue weighted by Gasteiger charge is -2.42. The summed E-state index contributed by atoms with van der Waals surface area (Å²) in [5.41, 5.74) is 10.5.